The van der Waals surface area contributed by atoms with Crippen molar-refractivity contribution in [3.8, 4) is 0 Å². The van der Waals surface area contributed by atoms with E-state index in [0.29, 0.717) is 25.1 Å². The molecule has 5 rings (SSSR count). The predicted molar refractivity (Wildman–Crippen MR) is 112 cm³/mol. The summed E-state index contributed by atoms with van der Waals surface area (Å²) in [4.78, 5) is 24.8. The first-order valence-corrected chi connectivity index (χ1v) is 9.99. The van der Waals surface area contributed by atoms with Gasteiger partial charge in [-0.05, 0) is 30.7 Å². The SMILES string of the molecule is Cc1ccc2nc3ccccc3c(CN3CCc4nc(C(F)(F)F)[nH]c(=O)c4C3)c2c1. The Balaban J connectivity index is 1.56. The number of benzene rings is 2. The Hall–Kier alpha value is -3.26. The summed E-state index contributed by atoms with van der Waals surface area (Å²) < 4.78 is 38.9. The van der Waals surface area contributed by atoms with Crippen molar-refractivity contribution >= 4 is 21.8 Å². The van der Waals surface area contributed by atoms with E-state index in [1.54, 1.807) is 0 Å². The minimum atomic E-state index is -4.67. The lowest BCUT2D eigenvalue weighted by Crippen LogP contribution is -2.36. The summed E-state index contributed by atoms with van der Waals surface area (Å²) >= 11 is 0. The Morgan fingerprint density at radius 1 is 1.06 bits per heavy atom. The van der Waals surface area contributed by atoms with Gasteiger partial charge in [0.1, 0.15) is 0 Å². The molecule has 31 heavy (non-hydrogen) atoms. The van der Waals surface area contributed by atoms with Gasteiger partial charge in [-0.3, -0.25) is 9.69 Å². The maximum atomic E-state index is 13.0. The molecule has 0 spiro atoms. The maximum absolute atomic E-state index is 13.0. The van der Waals surface area contributed by atoms with E-state index in [1.807, 2.05) is 48.3 Å². The number of fused-ring (bicyclic) bond motifs is 3. The van der Waals surface area contributed by atoms with Gasteiger partial charge >= 0.3 is 6.18 Å². The Morgan fingerprint density at radius 2 is 1.84 bits per heavy atom. The number of para-hydroxylation sites is 1. The van der Waals surface area contributed by atoms with Crippen LogP contribution in [0.2, 0.25) is 0 Å². The number of aromatic amines is 1. The maximum Gasteiger partial charge on any atom is 0.449 e. The molecule has 1 aliphatic rings. The molecule has 5 nitrogen and oxygen atoms in total. The molecule has 0 bridgehead atoms. The number of aromatic nitrogens is 3. The topological polar surface area (TPSA) is 61.9 Å². The van der Waals surface area contributed by atoms with Crippen LogP contribution in [-0.2, 0) is 25.7 Å². The summed E-state index contributed by atoms with van der Waals surface area (Å²) in [6.45, 7) is 3.35. The molecule has 0 amide bonds. The van der Waals surface area contributed by atoms with Gasteiger partial charge in [0.2, 0.25) is 5.82 Å². The summed E-state index contributed by atoms with van der Waals surface area (Å²) in [5.74, 6) is -1.23. The third kappa shape index (κ3) is 3.57. The summed E-state index contributed by atoms with van der Waals surface area (Å²) in [5.41, 5.74) is 3.82. The third-order valence-electron chi connectivity index (χ3n) is 5.75. The molecule has 2 aromatic heterocycles. The number of hydrogen-bond donors (Lipinski definition) is 1. The van der Waals surface area contributed by atoms with Crippen LogP contribution in [0.1, 0.15) is 28.2 Å². The minimum absolute atomic E-state index is 0.229. The number of hydrogen-bond acceptors (Lipinski definition) is 4. The van der Waals surface area contributed by atoms with Gasteiger partial charge in [0, 0.05) is 36.8 Å². The molecule has 8 heteroatoms. The molecule has 4 aromatic rings. The lowest BCUT2D eigenvalue weighted by molar-refractivity contribution is -0.145. The fourth-order valence-electron chi connectivity index (χ4n) is 4.23. The number of pyridine rings is 1. The molecule has 0 fully saturated rings. The standard InChI is InChI=1S/C23H19F3N4O/c1-13-6-7-19-15(10-13)16(14-4-2-3-5-18(14)27-19)11-30-9-8-20-17(12-30)21(31)29-22(28-20)23(24,25)26/h2-7,10H,8-9,11-12H2,1H3,(H,28,29,31). The number of H-pyrrole nitrogens is 1. The van der Waals surface area contributed by atoms with Crippen LogP contribution >= 0.6 is 0 Å². The van der Waals surface area contributed by atoms with Crippen molar-refractivity contribution in [1.29, 1.82) is 0 Å². The van der Waals surface area contributed by atoms with E-state index in [9.17, 15) is 18.0 Å². The molecule has 1 aliphatic heterocycles. The molecule has 0 saturated heterocycles. The largest absolute Gasteiger partial charge is 0.449 e. The number of halogens is 3. The Labute approximate surface area is 175 Å². The molecule has 0 atom stereocenters. The number of rotatable bonds is 2. The van der Waals surface area contributed by atoms with Gasteiger partial charge in [0.25, 0.3) is 5.56 Å². The second kappa shape index (κ2) is 7.16. The Kier molecular flexibility index (Phi) is 4.55. The van der Waals surface area contributed by atoms with Gasteiger partial charge < -0.3 is 4.98 Å². The highest BCUT2D eigenvalue weighted by molar-refractivity contribution is 5.97. The summed E-state index contributed by atoms with van der Waals surface area (Å²) in [6, 6.07) is 14.0. The fraction of sp³-hybridized carbons (Fsp3) is 0.261. The van der Waals surface area contributed by atoms with Crippen LogP contribution < -0.4 is 5.56 Å². The van der Waals surface area contributed by atoms with Crippen LogP contribution in [0, 0.1) is 6.92 Å². The van der Waals surface area contributed by atoms with Crippen LogP contribution in [0.5, 0.6) is 0 Å². The van der Waals surface area contributed by atoms with Crippen LogP contribution in [-0.4, -0.2) is 26.4 Å². The monoisotopic (exact) mass is 424 g/mol. The van der Waals surface area contributed by atoms with E-state index in [1.165, 1.54) is 0 Å². The van der Waals surface area contributed by atoms with Crippen LogP contribution in [0.4, 0.5) is 13.2 Å². The van der Waals surface area contributed by atoms with Crippen LogP contribution in [0.3, 0.4) is 0 Å². The molecule has 158 valence electrons. The van der Waals surface area contributed by atoms with Crippen molar-refractivity contribution in [2.45, 2.75) is 32.6 Å². The highest BCUT2D eigenvalue weighted by Crippen LogP contribution is 2.30. The van der Waals surface area contributed by atoms with Crippen molar-refractivity contribution in [1.82, 2.24) is 19.9 Å². The van der Waals surface area contributed by atoms with Gasteiger partial charge in [-0.15, -0.1) is 0 Å². The van der Waals surface area contributed by atoms with Crippen LogP contribution in [0.15, 0.2) is 47.3 Å². The first-order valence-electron chi connectivity index (χ1n) is 9.99. The van der Waals surface area contributed by atoms with Crippen LogP contribution in [0.25, 0.3) is 21.8 Å². The first kappa shape index (κ1) is 19.7. The first-order chi connectivity index (χ1) is 14.8. The van der Waals surface area contributed by atoms with Gasteiger partial charge in [-0.1, -0.05) is 29.8 Å². The molecule has 0 aliphatic carbocycles. The van der Waals surface area contributed by atoms with E-state index < -0.39 is 17.6 Å². The second-order valence-corrected chi connectivity index (χ2v) is 7.93. The average molecular weight is 424 g/mol. The fourth-order valence-corrected chi connectivity index (χ4v) is 4.23. The summed E-state index contributed by atoms with van der Waals surface area (Å²) in [5, 5.41) is 2.08. The quantitative estimate of drug-likeness (QED) is 0.486. The Bertz CT molecular complexity index is 1380. The zero-order valence-electron chi connectivity index (χ0n) is 16.8. The van der Waals surface area contributed by atoms with Crippen molar-refractivity contribution in [3.05, 3.63) is 81.0 Å². The van der Waals surface area contributed by atoms with Gasteiger partial charge in [0.05, 0.1) is 22.3 Å². The highest BCUT2D eigenvalue weighted by Gasteiger charge is 2.36. The third-order valence-corrected chi connectivity index (χ3v) is 5.75. The minimum Gasteiger partial charge on any atom is -0.303 e. The average Bonchev–Trinajstić information content (AvgIpc) is 2.73. The van der Waals surface area contributed by atoms with Crippen molar-refractivity contribution in [2.75, 3.05) is 6.54 Å². The molecule has 0 unspecified atom stereocenters. The molecule has 0 radical (unpaired) electrons. The predicted octanol–water partition coefficient (Wildman–Crippen LogP) is 4.36. The van der Waals surface area contributed by atoms with E-state index in [0.717, 1.165) is 32.9 Å². The molecule has 3 heterocycles. The molecular weight excluding hydrogens is 405 g/mol. The molecule has 0 saturated carbocycles. The van der Waals surface area contributed by atoms with Gasteiger partial charge in [-0.25, -0.2) is 9.97 Å². The Morgan fingerprint density at radius 3 is 2.65 bits per heavy atom. The lowest BCUT2D eigenvalue weighted by Gasteiger charge is -2.28. The van der Waals surface area contributed by atoms with E-state index in [-0.39, 0.29) is 12.2 Å². The highest BCUT2D eigenvalue weighted by atomic mass is 19.4. The number of aryl methyl sites for hydroxylation is 1. The zero-order valence-corrected chi connectivity index (χ0v) is 16.8. The van der Waals surface area contributed by atoms with E-state index >= 15 is 0 Å². The molecule has 2 aromatic carbocycles. The van der Waals surface area contributed by atoms with E-state index in [2.05, 4.69) is 16.0 Å². The zero-order chi connectivity index (χ0) is 21.8. The second-order valence-electron chi connectivity index (χ2n) is 7.93. The number of nitrogens with one attached hydrogen (secondary N) is 1. The normalized spacial score (nSPS) is 14.8. The van der Waals surface area contributed by atoms with Gasteiger partial charge in [-0.2, -0.15) is 13.2 Å². The molecular formula is C23H19F3N4O. The smallest absolute Gasteiger partial charge is 0.303 e. The lowest BCUT2D eigenvalue weighted by atomic mass is 9.99. The summed E-state index contributed by atoms with van der Waals surface area (Å²) in [7, 11) is 0. The number of alkyl halides is 3. The van der Waals surface area contributed by atoms with Crippen molar-refractivity contribution in [2.24, 2.45) is 0 Å². The summed E-state index contributed by atoms with van der Waals surface area (Å²) in [6.07, 6.45) is -4.37. The molecule has 1 N–H and O–H groups in total. The number of nitrogens with zero attached hydrogens (tertiary/aromatic N) is 3. The van der Waals surface area contributed by atoms with E-state index in [4.69, 9.17) is 4.98 Å². The van der Waals surface area contributed by atoms with Gasteiger partial charge in [0.15, 0.2) is 0 Å². The van der Waals surface area contributed by atoms with Crippen molar-refractivity contribution in [3.63, 3.8) is 0 Å². The van der Waals surface area contributed by atoms with Crippen molar-refractivity contribution < 1.29 is 13.2 Å².